The van der Waals surface area contributed by atoms with Gasteiger partial charge in [0.25, 0.3) is 0 Å². The van der Waals surface area contributed by atoms with Crippen molar-refractivity contribution in [1.29, 1.82) is 0 Å². The minimum Gasteiger partial charge on any atom is -0.480 e. The topological polar surface area (TPSA) is 86.9 Å². The van der Waals surface area contributed by atoms with Crippen LogP contribution in [-0.4, -0.2) is 59.0 Å². The third-order valence-corrected chi connectivity index (χ3v) is 3.96. The molecule has 0 radical (unpaired) electrons. The molecule has 2 unspecified atom stereocenters. The van der Waals surface area contributed by atoms with Crippen LogP contribution >= 0.6 is 0 Å². The van der Waals surface area contributed by atoms with Crippen molar-refractivity contribution >= 4 is 11.9 Å². The molecular formula is C15H21N3O3. The highest BCUT2D eigenvalue weighted by Gasteiger charge is 2.29. The van der Waals surface area contributed by atoms with Crippen molar-refractivity contribution in [3.05, 3.63) is 35.9 Å². The molecule has 1 aromatic carbocycles. The normalized spacial score (nSPS) is 19.0. The molecule has 1 heterocycles. The van der Waals surface area contributed by atoms with Gasteiger partial charge in [0.2, 0.25) is 5.91 Å². The van der Waals surface area contributed by atoms with Crippen LogP contribution in [0.1, 0.15) is 18.5 Å². The number of hydrogen-bond acceptors (Lipinski definition) is 4. The van der Waals surface area contributed by atoms with Gasteiger partial charge in [0.1, 0.15) is 12.1 Å². The van der Waals surface area contributed by atoms with E-state index in [2.05, 4.69) is 0 Å². The zero-order valence-electron chi connectivity index (χ0n) is 12.1. The predicted molar refractivity (Wildman–Crippen MR) is 78.6 cm³/mol. The SMILES string of the molecule is CC(C(=O)O)N1CCN(C(=O)C(N)c2ccccc2)CC1. The zero-order chi connectivity index (χ0) is 15.4. The third-order valence-electron chi connectivity index (χ3n) is 3.96. The first-order chi connectivity index (χ1) is 10.0. The standard InChI is InChI=1S/C15H21N3O3/c1-11(15(20)21)17-7-9-18(10-8-17)14(19)13(16)12-5-3-2-4-6-12/h2-6,11,13H,7-10,16H2,1H3,(H,20,21). The van der Waals surface area contributed by atoms with Crippen LogP contribution in [0, 0.1) is 0 Å². The van der Waals surface area contributed by atoms with Crippen LogP contribution in [0.25, 0.3) is 0 Å². The van der Waals surface area contributed by atoms with Gasteiger partial charge in [-0.3, -0.25) is 14.5 Å². The van der Waals surface area contributed by atoms with Gasteiger partial charge in [-0.15, -0.1) is 0 Å². The molecule has 0 spiro atoms. The van der Waals surface area contributed by atoms with Crippen LogP contribution in [0.2, 0.25) is 0 Å². The van der Waals surface area contributed by atoms with E-state index < -0.39 is 18.1 Å². The smallest absolute Gasteiger partial charge is 0.320 e. The number of carboxylic acid groups (broad SMARTS) is 1. The lowest BCUT2D eigenvalue weighted by molar-refractivity contribution is -0.144. The monoisotopic (exact) mass is 291 g/mol. The summed E-state index contributed by atoms with van der Waals surface area (Å²) in [6.07, 6.45) is 0. The number of benzene rings is 1. The van der Waals surface area contributed by atoms with Crippen LogP contribution in [0.4, 0.5) is 0 Å². The number of carbonyl (C=O) groups excluding carboxylic acids is 1. The molecule has 0 aromatic heterocycles. The Labute approximate surface area is 124 Å². The molecule has 1 aliphatic rings. The molecular weight excluding hydrogens is 270 g/mol. The number of hydrogen-bond donors (Lipinski definition) is 2. The van der Waals surface area contributed by atoms with Gasteiger partial charge in [0, 0.05) is 26.2 Å². The first-order valence-corrected chi connectivity index (χ1v) is 7.07. The average molecular weight is 291 g/mol. The fourth-order valence-electron chi connectivity index (χ4n) is 2.49. The van der Waals surface area contributed by atoms with Gasteiger partial charge < -0.3 is 15.7 Å². The van der Waals surface area contributed by atoms with Gasteiger partial charge in [-0.1, -0.05) is 30.3 Å². The lowest BCUT2D eigenvalue weighted by Gasteiger charge is -2.37. The highest BCUT2D eigenvalue weighted by atomic mass is 16.4. The molecule has 0 aliphatic carbocycles. The molecule has 1 fully saturated rings. The van der Waals surface area contributed by atoms with Crippen molar-refractivity contribution in [2.24, 2.45) is 5.73 Å². The van der Waals surface area contributed by atoms with Crippen molar-refractivity contribution in [2.45, 2.75) is 19.0 Å². The van der Waals surface area contributed by atoms with Crippen LogP contribution in [0.3, 0.4) is 0 Å². The summed E-state index contributed by atoms with van der Waals surface area (Å²) in [7, 11) is 0. The number of amides is 1. The second-order valence-electron chi connectivity index (χ2n) is 5.26. The van der Waals surface area contributed by atoms with Crippen LogP contribution < -0.4 is 5.73 Å². The summed E-state index contributed by atoms with van der Waals surface area (Å²) in [5.74, 6) is -0.945. The molecule has 1 saturated heterocycles. The first kappa shape index (κ1) is 15.5. The molecule has 1 amide bonds. The van der Waals surface area contributed by atoms with Crippen LogP contribution in [0.5, 0.6) is 0 Å². The lowest BCUT2D eigenvalue weighted by Crippen LogP contribution is -2.54. The van der Waals surface area contributed by atoms with Crippen LogP contribution in [0.15, 0.2) is 30.3 Å². The quantitative estimate of drug-likeness (QED) is 0.833. The van der Waals surface area contributed by atoms with E-state index in [1.165, 1.54) is 0 Å². The molecule has 1 aliphatic heterocycles. The molecule has 6 nitrogen and oxygen atoms in total. The highest BCUT2D eigenvalue weighted by Crippen LogP contribution is 2.15. The second kappa shape index (κ2) is 6.69. The molecule has 114 valence electrons. The maximum absolute atomic E-state index is 12.4. The molecule has 1 aromatic rings. The van der Waals surface area contributed by atoms with Crippen molar-refractivity contribution < 1.29 is 14.7 Å². The molecule has 0 bridgehead atoms. The number of carbonyl (C=O) groups is 2. The number of carboxylic acids is 1. The van der Waals surface area contributed by atoms with Gasteiger partial charge in [-0.05, 0) is 12.5 Å². The van der Waals surface area contributed by atoms with Gasteiger partial charge in [-0.25, -0.2) is 0 Å². The van der Waals surface area contributed by atoms with E-state index >= 15 is 0 Å². The Morgan fingerprint density at radius 3 is 2.24 bits per heavy atom. The van der Waals surface area contributed by atoms with E-state index in [0.717, 1.165) is 5.56 Å². The lowest BCUT2D eigenvalue weighted by atomic mass is 10.1. The van der Waals surface area contributed by atoms with Crippen LogP contribution in [-0.2, 0) is 9.59 Å². The minimum atomic E-state index is -0.837. The fraction of sp³-hybridized carbons (Fsp3) is 0.467. The Morgan fingerprint density at radius 1 is 1.14 bits per heavy atom. The van der Waals surface area contributed by atoms with E-state index in [-0.39, 0.29) is 5.91 Å². The Morgan fingerprint density at radius 2 is 1.71 bits per heavy atom. The second-order valence-corrected chi connectivity index (χ2v) is 5.26. The highest BCUT2D eigenvalue weighted by molar-refractivity contribution is 5.83. The largest absolute Gasteiger partial charge is 0.480 e. The first-order valence-electron chi connectivity index (χ1n) is 7.07. The van der Waals surface area contributed by atoms with E-state index in [1.807, 2.05) is 35.2 Å². The predicted octanol–water partition coefficient (Wildman–Crippen LogP) is 0.304. The Kier molecular flexibility index (Phi) is 4.93. The van der Waals surface area contributed by atoms with Gasteiger partial charge in [0.05, 0.1) is 0 Å². The van der Waals surface area contributed by atoms with Gasteiger partial charge >= 0.3 is 5.97 Å². The molecule has 2 rings (SSSR count). The number of nitrogens with zero attached hydrogens (tertiary/aromatic N) is 2. The summed E-state index contributed by atoms with van der Waals surface area (Å²) in [6, 6.07) is 8.09. The third kappa shape index (κ3) is 3.59. The van der Waals surface area contributed by atoms with Crippen molar-refractivity contribution in [1.82, 2.24) is 9.80 Å². The van der Waals surface area contributed by atoms with Gasteiger partial charge in [-0.2, -0.15) is 0 Å². The fourth-order valence-corrected chi connectivity index (χ4v) is 2.49. The number of nitrogens with two attached hydrogens (primary N) is 1. The summed E-state index contributed by atoms with van der Waals surface area (Å²) < 4.78 is 0. The van der Waals surface area contributed by atoms with E-state index in [9.17, 15) is 9.59 Å². The Bertz CT molecular complexity index is 498. The number of aliphatic carboxylic acids is 1. The van der Waals surface area contributed by atoms with E-state index in [4.69, 9.17) is 10.8 Å². The summed E-state index contributed by atoms with van der Waals surface area (Å²) in [4.78, 5) is 26.9. The molecule has 6 heteroatoms. The number of piperazine rings is 1. The Hall–Kier alpha value is -1.92. The summed E-state index contributed by atoms with van der Waals surface area (Å²) >= 11 is 0. The van der Waals surface area contributed by atoms with Crippen molar-refractivity contribution in [2.75, 3.05) is 26.2 Å². The molecule has 3 N–H and O–H groups in total. The zero-order valence-corrected chi connectivity index (χ0v) is 12.1. The van der Waals surface area contributed by atoms with Crippen molar-refractivity contribution in [3.8, 4) is 0 Å². The molecule has 2 atom stereocenters. The molecule has 0 saturated carbocycles. The van der Waals surface area contributed by atoms with E-state index in [1.54, 1.807) is 11.8 Å². The summed E-state index contributed by atoms with van der Waals surface area (Å²) in [6.45, 7) is 3.80. The number of rotatable bonds is 4. The maximum Gasteiger partial charge on any atom is 0.320 e. The van der Waals surface area contributed by atoms with Crippen molar-refractivity contribution in [3.63, 3.8) is 0 Å². The average Bonchev–Trinajstić information content (AvgIpc) is 2.53. The van der Waals surface area contributed by atoms with Gasteiger partial charge in [0.15, 0.2) is 0 Å². The molecule has 21 heavy (non-hydrogen) atoms. The summed E-state index contributed by atoms with van der Waals surface area (Å²) in [5.41, 5.74) is 6.81. The van der Waals surface area contributed by atoms with E-state index in [0.29, 0.717) is 26.2 Å². The maximum atomic E-state index is 12.4. The Balaban J connectivity index is 1.93. The minimum absolute atomic E-state index is 0.108. The summed E-state index contributed by atoms with van der Waals surface area (Å²) in [5, 5.41) is 9.00.